The maximum Gasteiger partial charge on any atom is 0.251 e. The topological polar surface area (TPSA) is 68.0 Å². The van der Waals surface area contributed by atoms with Crippen molar-refractivity contribution in [1.29, 1.82) is 0 Å². The van der Waals surface area contributed by atoms with E-state index in [2.05, 4.69) is 27.4 Å². The van der Waals surface area contributed by atoms with Crippen molar-refractivity contribution in [2.24, 2.45) is 0 Å². The molecule has 0 saturated carbocycles. The Hall–Kier alpha value is -3.47. The van der Waals surface area contributed by atoms with E-state index in [4.69, 9.17) is 4.42 Å². The van der Waals surface area contributed by atoms with E-state index in [0.717, 1.165) is 23.9 Å². The van der Waals surface area contributed by atoms with Gasteiger partial charge < -0.3 is 9.73 Å². The molecule has 4 rings (SSSR count). The van der Waals surface area contributed by atoms with E-state index in [1.807, 2.05) is 30.3 Å². The Labute approximate surface area is 157 Å². The van der Waals surface area contributed by atoms with Crippen molar-refractivity contribution in [3.05, 3.63) is 84.2 Å². The minimum absolute atomic E-state index is 0.107. The lowest BCUT2D eigenvalue weighted by molar-refractivity contribution is 0.0953. The summed E-state index contributed by atoms with van der Waals surface area (Å²) in [6.07, 6.45) is 5.24. The summed E-state index contributed by atoms with van der Waals surface area (Å²) < 4.78 is 5.80. The molecule has 2 aromatic carbocycles. The predicted octanol–water partition coefficient (Wildman–Crippen LogP) is 4.25. The lowest BCUT2D eigenvalue weighted by Crippen LogP contribution is -2.24. The summed E-state index contributed by atoms with van der Waals surface area (Å²) >= 11 is 0. The van der Waals surface area contributed by atoms with Gasteiger partial charge in [0, 0.05) is 24.5 Å². The van der Waals surface area contributed by atoms with Gasteiger partial charge in [-0.1, -0.05) is 30.3 Å². The molecule has 0 spiro atoms. The fraction of sp³-hybridized carbons (Fsp3) is 0.136. The zero-order valence-corrected chi connectivity index (χ0v) is 14.8. The Balaban J connectivity index is 1.40. The quantitative estimate of drug-likeness (QED) is 0.524. The summed E-state index contributed by atoms with van der Waals surface area (Å²) in [4.78, 5) is 20.9. The first-order chi connectivity index (χ1) is 13.3. The van der Waals surface area contributed by atoms with Crippen molar-refractivity contribution < 1.29 is 9.21 Å². The Morgan fingerprint density at radius 2 is 1.93 bits per heavy atom. The van der Waals surface area contributed by atoms with Gasteiger partial charge in [0.2, 0.25) is 5.89 Å². The highest BCUT2D eigenvalue weighted by molar-refractivity contribution is 5.97. The third kappa shape index (κ3) is 4.03. The lowest BCUT2D eigenvalue weighted by atomic mass is 10.1. The van der Waals surface area contributed by atoms with Crippen LogP contribution in [0.15, 0.2) is 77.5 Å². The SMILES string of the molecule is O=C(NCCCc1ccccc1)c1ccc2nc(-c3cccnc3)oc2c1. The van der Waals surface area contributed by atoms with Crippen LogP contribution in [0.5, 0.6) is 0 Å². The number of carbonyl (C=O) groups is 1. The number of hydrogen-bond donors (Lipinski definition) is 1. The minimum Gasteiger partial charge on any atom is -0.436 e. The molecule has 0 radical (unpaired) electrons. The molecule has 0 atom stereocenters. The zero-order chi connectivity index (χ0) is 18.5. The highest BCUT2D eigenvalue weighted by atomic mass is 16.3. The number of benzene rings is 2. The molecule has 0 saturated heterocycles. The summed E-state index contributed by atoms with van der Waals surface area (Å²) in [7, 11) is 0. The van der Waals surface area contributed by atoms with Crippen LogP contribution >= 0.6 is 0 Å². The van der Waals surface area contributed by atoms with Crippen molar-refractivity contribution in [2.45, 2.75) is 12.8 Å². The van der Waals surface area contributed by atoms with Crippen LogP contribution < -0.4 is 5.32 Å². The van der Waals surface area contributed by atoms with Crippen LogP contribution in [-0.4, -0.2) is 22.4 Å². The number of nitrogens with zero attached hydrogens (tertiary/aromatic N) is 2. The van der Waals surface area contributed by atoms with Crippen molar-refractivity contribution in [2.75, 3.05) is 6.54 Å². The lowest BCUT2D eigenvalue weighted by Gasteiger charge is -2.05. The Kier molecular flexibility index (Phi) is 4.92. The first-order valence-electron chi connectivity index (χ1n) is 8.93. The number of oxazole rings is 1. The molecule has 0 unspecified atom stereocenters. The van der Waals surface area contributed by atoms with E-state index in [-0.39, 0.29) is 5.91 Å². The Bertz CT molecular complexity index is 1040. The second kappa shape index (κ2) is 7.83. The van der Waals surface area contributed by atoms with E-state index in [9.17, 15) is 4.79 Å². The van der Waals surface area contributed by atoms with Crippen molar-refractivity contribution in [1.82, 2.24) is 15.3 Å². The van der Waals surface area contributed by atoms with Gasteiger partial charge in [0.15, 0.2) is 5.58 Å². The summed E-state index contributed by atoms with van der Waals surface area (Å²) in [5, 5.41) is 2.96. The smallest absolute Gasteiger partial charge is 0.251 e. The van der Waals surface area contributed by atoms with Crippen LogP contribution in [-0.2, 0) is 6.42 Å². The number of pyridine rings is 1. The maximum absolute atomic E-state index is 12.4. The fourth-order valence-electron chi connectivity index (χ4n) is 2.92. The van der Waals surface area contributed by atoms with Gasteiger partial charge in [-0.3, -0.25) is 9.78 Å². The van der Waals surface area contributed by atoms with Crippen LogP contribution in [0.3, 0.4) is 0 Å². The molecule has 1 amide bonds. The Morgan fingerprint density at radius 1 is 1.04 bits per heavy atom. The van der Waals surface area contributed by atoms with Gasteiger partial charge in [-0.05, 0) is 48.7 Å². The van der Waals surface area contributed by atoms with Crippen LogP contribution in [0.25, 0.3) is 22.6 Å². The first-order valence-corrected chi connectivity index (χ1v) is 8.93. The largest absolute Gasteiger partial charge is 0.436 e. The molecule has 5 heteroatoms. The van der Waals surface area contributed by atoms with E-state index in [0.29, 0.717) is 23.6 Å². The molecule has 5 nitrogen and oxygen atoms in total. The van der Waals surface area contributed by atoms with Gasteiger partial charge in [-0.25, -0.2) is 4.98 Å². The number of nitrogens with one attached hydrogen (secondary N) is 1. The normalized spacial score (nSPS) is 10.8. The minimum atomic E-state index is -0.107. The Morgan fingerprint density at radius 3 is 2.74 bits per heavy atom. The molecular weight excluding hydrogens is 338 g/mol. The van der Waals surface area contributed by atoms with Crippen molar-refractivity contribution in [3.8, 4) is 11.5 Å². The third-order valence-corrected chi connectivity index (χ3v) is 4.33. The molecule has 1 N–H and O–H groups in total. The monoisotopic (exact) mass is 357 g/mol. The van der Waals surface area contributed by atoms with Gasteiger partial charge in [0.05, 0.1) is 5.56 Å². The maximum atomic E-state index is 12.4. The van der Waals surface area contributed by atoms with Crippen LogP contribution in [0.1, 0.15) is 22.3 Å². The molecule has 27 heavy (non-hydrogen) atoms. The van der Waals surface area contributed by atoms with E-state index < -0.39 is 0 Å². The highest BCUT2D eigenvalue weighted by Crippen LogP contribution is 2.24. The molecule has 0 aliphatic rings. The van der Waals surface area contributed by atoms with Crippen molar-refractivity contribution in [3.63, 3.8) is 0 Å². The number of fused-ring (bicyclic) bond motifs is 1. The van der Waals surface area contributed by atoms with Crippen LogP contribution in [0.2, 0.25) is 0 Å². The third-order valence-electron chi connectivity index (χ3n) is 4.33. The number of aromatic nitrogens is 2. The van der Waals surface area contributed by atoms with Crippen molar-refractivity contribution >= 4 is 17.0 Å². The molecule has 4 aromatic rings. The summed E-state index contributed by atoms with van der Waals surface area (Å²) in [6, 6.07) is 19.3. The second-order valence-electron chi connectivity index (χ2n) is 6.29. The first kappa shape index (κ1) is 17.0. The summed E-state index contributed by atoms with van der Waals surface area (Å²) in [6.45, 7) is 0.628. The molecule has 0 fully saturated rings. The standard InChI is InChI=1S/C22H19N3O2/c26-21(24-13-4-8-16-6-2-1-3-7-16)17-10-11-19-20(14-17)27-22(25-19)18-9-5-12-23-15-18/h1-3,5-7,9-12,14-15H,4,8,13H2,(H,24,26). The highest BCUT2D eigenvalue weighted by Gasteiger charge is 2.11. The number of amides is 1. The molecule has 0 bridgehead atoms. The number of rotatable bonds is 6. The zero-order valence-electron chi connectivity index (χ0n) is 14.8. The average molecular weight is 357 g/mol. The van der Waals surface area contributed by atoms with E-state index >= 15 is 0 Å². The van der Waals surface area contributed by atoms with Gasteiger partial charge in [0.25, 0.3) is 5.91 Å². The molecule has 134 valence electrons. The van der Waals surface area contributed by atoms with Gasteiger partial charge in [-0.2, -0.15) is 0 Å². The van der Waals surface area contributed by atoms with Crippen LogP contribution in [0, 0.1) is 0 Å². The van der Waals surface area contributed by atoms with E-state index in [1.165, 1.54) is 5.56 Å². The molecule has 2 aromatic heterocycles. The van der Waals surface area contributed by atoms with Gasteiger partial charge >= 0.3 is 0 Å². The predicted molar refractivity (Wildman–Crippen MR) is 104 cm³/mol. The fourth-order valence-corrected chi connectivity index (χ4v) is 2.92. The second-order valence-corrected chi connectivity index (χ2v) is 6.29. The molecular formula is C22H19N3O2. The molecule has 0 aliphatic heterocycles. The number of carbonyl (C=O) groups excluding carboxylic acids is 1. The summed E-state index contributed by atoms with van der Waals surface area (Å²) in [5.41, 5.74) is 3.95. The molecule has 2 heterocycles. The van der Waals surface area contributed by atoms with E-state index in [1.54, 1.807) is 30.6 Å². The van der Waals surface area contributed by atoms with Crippen LogP contribution in [0.4, 0.5) is 0 Å². The van der Waals surface area contributed by atoms with Gasteiger partial charge in [-0.15, -0.1) is 0 Å². The number of hydrogen-bond acceptors (Lipinski definition) is 4. The van der Waals surface area contributed by atoms with Gasteiger partial charge in [0.1, 0.15) is 5.52 Å². The summed E-state index contributed by atoms with van der Waals surface area (Å²) in [5.74, 6) is 0.391. The number of aryl methyl sites for hydroxylation is 1. The average Bonchev–Trinajstić information content (AvgIpc) is 3.16. The molecule has 0 aliphatic carbocycles.